The van der Waals surface area contributed by atoms with Crippen molar-refractivity contribution in [1.29, 1.82) is 0 Å². The highest BCUT2D eigenvalue weighted by atomic mass is 16.4. The standard InChI is InChI=1S/C22H37N9O7/c1-11(2)6-15(20(36)31-16(21(37)38)7-12-9-26-10-28-12)30-19(35)14(4-3-5-27-22(24)25)29-18(34)13(23)8-17(32)33/h9-11,13-16H,3-8,23H2,1-2H3,(H,26,28)(H,29,34)(H,30,35)(H,31,36)(H,32,33)(H,37,38)(H4,24,25,27). The maximum absolute atomic E-state index is 13.1. The second-order valence-electron chi connectivity index (χ2n) is 9.09. The third-order valence-corrected chi connectivity index (χ3v) is 5.24. The SMILES string of the molecule is CC(C)CC(NC(=O)C(CCCN=C(N)N)NC(=O)C(N)CC(=O)O)C(=O)NC(Cc1cnc[nH]1)C(=O)O. The highest BCUT2D eigenvalue weighted by Gasteiger charge is 2.31. The van der Waals surface area contributed by atoms with Gasteiger partial charge in [-0.3, -0.25) is 24.2 Å². The van der Waals surface area contributed by atoms with Crippen LogP contribution in [0.3, 0.4) is 0 Å². The Balaban J connectivity index is 3.02. The van der Waals surface area contributed by atoms with Crippen LogP contribution in [0.1, 0.15) is 45.2 Å². The molecule has 16 nitrogen and oxygen atoms in total. The van der Waals surface area contributed by atoms with Crippen LogP contribution >= 0.6 is 0 Å². The smallest absolute Gasteiger partial charge is 0.326 e. The fraction of sp³-hybridized carbons (Fsp3) is 0.591. The molecule has 4 unspecified atom stereocenters. The van der Waals surface area contributed by atoms with Gasteiger partial charge in [-0.2, -0.15) is 0 Å². The summed E-state index contributed by atoms with van der Waals surface area (Å²) >= 11 is 0. The molecule has 0 aliphatic heterocycles. The number of aromatic nitrogens is 2. The predicted molar refractivity (Wildman–Crippen MR) is 135 cm³/mol. The van der Waals surface area contributed by atoms with Crippen LogP contribution in [-0.2, 0) is 30.4 Å². The molecular weight excluding hydrogens is 502 g/mol. The number of hydrogen-bond acceptors (Lipinski definition) is 8. The minimum absolute atomic E-state index is 0.0434. The summed E-state index contributed by atoms with van der Waals surface area (Å²) in [6, 6.07) is -5.03. The summed E-state index contributed by atoms with van der Waals surface area (Å²) in [6.07, 6.45) is 2.56. The third kappa shape index (κ3) is 12.2. The summed E-state index contributed by atoms with van der Waals surface area (Å²) in [5.74, 6) is -5.14. The van der Waals surface area contributed by atoms with Crippen molar-refractivity contribution < 1.29 is 34.2 Å². The van der Waals surface area contributed by atoms with Gasteiger partial charge in [0.1, 0.15) is 18.1 Å². The number of carboxylic acid groups (broad SMARTS) is 2. The Morgan fingerprint density at radius 3 is 2.13 bits per heavy atom. The molecule has 212 valence electrons. The molecule has 0 saturated heterocycles. The van der Waals surface area contributed by atoms with Crippen molar-refractivity contribution >= 4 is 35.6 Å². The van der Waals surface area contributed by atoms with E-state index in [0.717, 1.165) is 0 Å². The van der Waals surface area contributed by atoms with E-state index >= 15 is 0 Å². The Hall–Kier alpha value is -4.21. The third-order valence-electron chi connectivity index (χ3n) is 5.24. The lowest BCUT2D eigenvalue weighted by atomic mass is 10.0. The largest absolute Gasteiger partial charge is 0.481 e. The number of H-pyrrole nitrogens is 1. The lowest BCUT2D eigenvalue weighted by Gasteiger charge is -2.26. The van der Waals surface area contributed by atoms with Crippen LogP contribution in [-0.4, -0.2) is 86.5 Å². The minimum Gasteiger partial charge on any atom is -0.481 e. The monoisotopic (exact) mass is 539 g/mol. The molecule has 16 heteroatoms. The number of amides is 3. The molecule has 0 spiro atoms. The van der Waals surface area contributed by atoms with Crippen LogP contribution in [0.2, 0.25) is 0 Å². The van der Waals surface area contributed by atoms with E-state index in [4.69, 9.17) is 22.3 Å². The average molecular weight is 540 g/mol. The molecule has 1 heterocycles. The van der Waals surface area contributed by atoms with Crippen LogP contribution in [0.25, 0.3) is 0 Å². The first-order chi connectivity index (χ1) is 17.8. The maximum Gasteiger partial charge on any atom is 0.326 e. The number of carboxylic acids is 2. The quantitative estimate of drug-likeness (QED) is 0.0561. The topological polar surface area (TPSA) is 281 Å². The molecule has 0 saturated carbocycles. The normalized spacial score (nSPS) is 14.0. The van der Waals surface area contributed by atoms with Gasteiger partial charge >= 0.3 is 11.9 Å². The Labute approximate surface area is 219 Å². The summed E-state index contributed by atoms with van der Waals surface area (Å²) < 4.78 is 0. The number of nitrogens with zero attached hydrogens (tertiary/aromatic N) is 2. The number of carbonyl (C=O) groups excluding carboxylic acids is 3. The Morgan fingerprint density at radius 2 is 1.61 bits per heavy atom. The van der Waals surface area contributed by atoms with Gasteiger partial charge < -0.3 is 48.3 Å². The van der Waals surface area contributed by atoms with Crippen molar-refractivity contribution in [1.82, 2.24) is 25.9 Å². The first-order valence-electron chi connectivity index (χ1n) is 11.9. The van der Waals surface area contributed by atoms with E-state index in [1.165, 1.54) is 12.5 Å². The van der Waals surface area contributed by atoms with E-state index in [-0.39, 0.29) is 44.1 Å². The zero-order chi connectivity index (χ0) is 28.8. The number of imidazole rings is 1. The number of carbonyl (C=O) groups is 5. The zero-order valence-electron chi connectivity index (χ0n) is 21.3. The molecule has 4 atom stereocenters. The molecule has 38 heavy (non-hydrogen) atoms. The fourth-order valence-corrected chi connectivity index (χ4v) is 3.40. The molecule has 0 aliphatic carbocycles. The van der Waals surface area contributed by atoms with Crippen LogP contribution in [0.15, 0.2) is 17.5 Å². The van der Waals surface area contributed by atoms with Gasteiger partial charge in [-0.15, -0.1) is 0 Å². The van der Waals surface area contributed by atoms with Crippen LogP contribution in [0.5, 0.6) is 0 Å². The number of nitrogens with two attached hydrogens (primary N) is 3. The summed E-state index contributed by atoms with van der Waals surface area (Å²) in [5, 5.41) is 25.9. The van der Waals surface area contributed by atoms with Crippen molar-refractivity contribution in [3.05, 3.63) is 18.2 Å². The number of aromatic amines is 1. The van der Waals surface area contributed by atoms with E-state index in [2.05, 4.69) is 30.9 Å². The number of aliphatic carboxylic acids is 2. The first-order valence-corrected chi connectivity index (χ1v) is 11.9. The van der Waals surface area contributed by atoms with Crippen molar-refractivity contribution in [2.75, 3.05) is 6.54 Å². The molecule has 0 aromatic carbocycles. The number of aliphatic imine (C=N–C) groups is 1. The predicted octanol–water partition coefficient (Wildman–Crippen LogP) is -2.61. The average Bonchev–Trinajstić information content (AvgIpc) is 3.32. The number of guanidine groups is 1. The van der Waals surface area contributed by atoms with Gasteiger partial charge in [-0.1, -0.05) is 13.8 Å². The second kappa shape index (κ2) is 15.8. The summed E-state index contributed by atoms with van der Waals surface area (Å²) in [7, 11) is 0. The molecule has 1 rings (SSSR count). The molecule has 3 amide bonds. The fourth-order valence-electron chi connectivity index (χ4n) is 3.40. The number of nitrogens with one attached hydrogen (secondary N) is 4. The van der Waals surface area contributed by atoms with Crippen molar-refractivity contribution in [2.24, 2.45) is 28.1 Å². The van der Waals surface area contributed by atoms with Crippen molar-refractivity contribution in [3.63, 3.8) is 0 Å². The molecular formula is C22H37N9O7. The molecule has 0 radical (unpaired) electrons. The Morgan fingerprint density at radius 1 is 1.00 bits per heavy atom. The lowest BCUT2D eigenvalue weighted by molar-refractivity contribution is -0.142. The van der Waals surface area contributed by atoms with E-state index in [1.54, 1.807) is 0 Å². The number of hydrogen-bond donors (Lipinski definition) is 9. The summed E-state index contributed by atoms with van der Waals surface area (Å²) in [4.78, 5) is 71.6. The highest BCUT2D eigenvalue weighted by molar-refractivity contribution is 5.94. The van der Waals surface area contributed by atoms with Gasteiger partial charge in [-0.05, 0) is 25.2 Å². The van der Waals surface area contributed by atoms with E-state index in [9.17, 15) is 29.1 Å². The molecule has 1 aromatic rings. The Bertz CT molecular complexity index is 978. The lowest BCUT2D eigenvalue weighted by Crippen LogP contribution is -2.57. The summed E-state index contributed by atoms with van der Waals surface area (Å²) in [6.45, 7) is 3.77. The zero-order valence-corrected chi connectivity index (χ0v) is 21.3. The maximum atomic E-state index is 13.1. The van der Waals surface area contributed by atoms with Gasteiger partial charge in [0, 0.05) is 24.9 Å². The van der Waals surface area contributed by atoms with Crippen LogP contribution in [0.4, 0.5) is 0 Å². The number of rotatable bonds is 17. The van der Waals surface area contributed by atoms with Crippen molar-refractivity contribution in [3.8, 4) is 0 Å². The van der Waals surface area contributed by atoms with Crippen molar-refractivity contribution in [2.45, 2.75) is 70.1 Å². The minimum atomic E-state index is -1.41. The molecule has 0 aliphatic rings. The highest BCUT2D eigenvalue weighted by Crippen LogP contribution is 2.09. The van der Waals surface area contributed by atoms with E-state index < -0.39 is 60.2 Å². The second-order valence-corrected chi connectivity index (χ2v) is 9.09. The molecule has 1 aromatic heterocycles. The van der Waals surface area contributed by atoms with E-state index in [1.807, 2.05) is 13.8 Å². The van der Waals surface area contributed by atoms with Crippen LogP contribution in [0, 0.1) is 5.92 Å². The van der Waals surface area contributed by atoms with Gasteiger partial charge in [-0.25, -0.2) is 9.78 Å². The van der Waals surface area contributed by atoms with Gasteiger partial charge in [0.05, 0.1) is 18.8 Å². The van der Waals surface area contributed by atoms with Gasteiger partial charge in [0.25, 0.3) is 0 Å². The Kier molecular flexibility index (Phi) is 13.2. The first kappa shape index (κ1) is 31.8. The van der Waals surface area contributed by atoms with E-state index in [0.29, 0.717) is 5.69 Å². The molecule has 12 N–H and O–H groups in total. The molecule has 0 bridgehead atoms. The van der Waals surface area contributed by atoms with Crippen LogP contribution < -0.4 is 33.2 Å². The molecule has 0 fully saturated rings. The van der Waals surface area contributed by atoms with Gasteiger partial charge in [0.15, 0.2) is 5.96 Å². The van der Waals surface area contributed by atoms with Gasteiger partial charge in [0.2, 0.25) is 17.7 Å². The summed E-state index contributed by atoms with van der Waals surface area (Å²) in [5.41, 5.74) is 16.7.